The van der Waals surface area contributed by atoms with Crippen LogP contribution in [0.1, 0.15) is 32.3 Å². The lowest BCUT2D eigenvalue weighted by molar-refractivity contribution is -0.126. The zero-order valence-corrected chi connectivity index (χ0v) is 15.7. The molecule has 2 rings (SSSR count). The van der Waals surface area contributed by atoms with Gasteiger partial charge in [-0.15, -0.1) is 0 Å². The number of piperidine rings is 1. The van der Waals surface area contributed by atoms with E-state index in [1.54, 1.807) is 23.1 Å². The summed E-state index contributed by atoms with van der Waals surface area (Å²) in [6.07, 6.45) is 4.33. The summed E-state index contributed by atoms with van der Waals surface area (Å²) in [7, 11) is -3.06. The van der Waals surface area contributed by atoms with E-state index in [9.17, 15) is 13.2 Å². The van der Waals surface area contributed by atoms with Crippen molar-refractivity contribution in [1.82, 2.24) is 4.90 Å². The lowest BCUT2D eigenvalue weighted by Gasteiger charge is -2.31. The second-order valence-electron chi connectivity index (χ2n) is 6.63. The SMILES string of the molecule is CC(C)CS(=O)(=O)C1CCN(C(=O)/C=C/c2ccc(Cl)cc2)CC1. The summed E-state index contributed by atoms with van der Waals surface area (Å²) >= 11 is 5.83. The van der Waals surface area contributed by atoms with E-state index in [0.717, 1.165) is 5.56 Å². The van der Waals surface area contributed by atoms with Crippen molar-refractivity contribution in [1.29, 1.82) is 0 Å². The number of rotatable bonds is 5. The number of likely N-dealkylation sites (tertiary alicyclic amines) is 1. The van der Waals surface area contributed by atoms with Crippen LogP contribution in [-0.4, -0.2) is 43.3 Å². The molecule has 1 amide bonds. The van der Waals surface area contributed by atoms with E-state index < -0.39 is 9.84 Å². The van der Waals surface area contributed by atoms with Crippen LogP contribution < -0.4 is 0 Å². The van der Waals surface area contributed by atoms with E-state index in [1.165, 1.54) is 6.08 Å². The van der Waals surface area contributed by atoms with Crippen molar-refractivity contribution in [2.75, 3.05) is 18.8 Å². The second kappa shape index (κ2) is 8.17. The molecule has 4 nitrogen and oxygen atoms in total. The van der Waals surface area contributed by atoms with Gasteiger partial charge in [0.15, 0.2) is 9.84 Å². The first-order chi connectivity index (χ1) is 11.3. The molecule has 6 heteroatoms. The van der Waals surface area contributed by atoms with Gasteiger partial charge in [-0.25, -0.2) is 8.42 Å². The maximum absolute atomic E-state index is 12.3. The number of amides is 1. The van der Waals surface area contributed by atoms with Crippen molar-refractivity contribution < 1.29 is 13.2 Å². The summed E-state index contributed by atoms with van der Waals surface area (Å²) in [4.78, 5) is 14.0. The molecule has 0 bridgehead atoms. The number of sulfone groups is 1. The molecule has 1 heterocycles. The molecule has 0 saturated carbocycles. The molecule has 132 valence electrons. The zero-order valence-electron chi connectivity index (χ0n) is 14.1. The van der Waals surface area contributed by atoms with Gasteiger partial charge in [-0.05, 0) is 42.5 Å². The number of benzene rings is 1. The van der Waals surface area contributed by atoms with E-state index in [0.29, 0.717) is 31.0 Å². The molecular weight excluding hydrogens is 346 g/mol. The van der Waals surface area contributed by atoms with Crippen molar-refractivity contribution in [2.45, 2.75) is 31.9 Å². The highest BCUT2D eigenvalue weighted by Crippen LogP contribution is 2.20. The quantitative estimate of drug-likeness (QED) is 0.747. The summed E-state index contributed by atoms with van der Waals surface area (Å²) in [5.74, 6) is 0.281. The van der Waals surface area contributed by atoms with Crippen LogP contribution >= 0.6 is 11.6 Å². The lowest BCUT2D eigenvalue weighted by Crippen LogP contribution is -2.42. The van der Waals surface area contributed by atoms with Gasteiger partial charge in [0.2, 0.25) is 5.91 Å². The van der Waals surface area contributed by atoms with Gasteiger partial charge >= 0.3 is 0 Å². The largest absolute Gasteiger partial charge is 0.339 e. The molecule has 1 aliphatic rings. The molecule has 1 saturated heterocycles. The number of carbonyl (C=O) groups excluding carboxylic acids is 1. The van der Waals surface area contributed by atoms with Gasteiger partial charge in [-0.3, -0.25) is 4.79 Å². The van der Waals surface area contributed by atoms with Crippen molar-refractivity contribution in [3.63, 3.8) is 0 Å². The molecule has 0 radical (unpaired) electrons. The normalized spacial score (nSPS) is 16.9. The Morgan fingerprint density at radius 1 is 1.25 bits per heavy atom. The first kappa shape index (κ1) is 19.0. The van der Waals surface area contributed by atoms with Gasteiger partial charge in [0, 0.05) is 24.2 Å². The van der Waals surface area contributed by atoms with Gasteiger partial charge < -0.3 is 4.90 Å². The summed E-state index contributed by atoms with van der Waals surface area (Å²) in [5.41, 5.74) is 0.905. The summed E-state index contributed by atoms with van der Waals surface area (Å²) in [5, 5.41) is 0.340. The third kappa shape index (κ3) is 5.35. The minimum atomic E-state index is -3.06. The maximum Gasteiger partial charge on any atom is 0.246 e. The minimum absolute atomic E-state index is 0.0790. The Labute approximate surface area is 149 Å². The van der Waals surface area contributed by atoms with E-state index in [-0.39, 0.29) is 22.8 Å². The van der Waals surface area contributed by atoms with E-state index in [2.05, 4.69) is 0 Å². The molecule has 0 unspecified atom stereocenters. The van der Waals surface area contributed by atoms with E-state index in [4.69, 9.17) is 11.6 Å². The molecular formula is C18H24ClNO3S. The minimum Gasteiger partial charge on any atom is -0.339 e. The van der Waals surface area contributed by atoms with Crippen molar-refractivity contribution in [2.24, 2.45) is 5.92 Å². The van der Waals surface area contributed by atoms with Crippen LogP contribution in [0.25, 0.3) is 6.08 Å². The van der Waals surface area contributed by atoms with Gasteiger partial charge in [-0.2, -0.15) is 0 Å². The fraction of sp³-hybridized carbons (Fsp3) is 0.500. The molecule has 24 heavy (non-hydrogen) atoms. The van der Waals surface area contributed by atoms with E-state index >= 15 is 0 Å². The molecule has 0 atom stereocenters. The number of nitrogens with zero attached hydrogens (tertiary/aromatic N) is 1. The van der Waals surface area contributed by atoms with Crippen LogP contribution in [-0.2, 0) is 14.6 Å². The number of hydrogen-bond acceptors (Lipinski definition) is 3. The van der Waals surface area contributed by atoms with Crippen LogP contribution in [0.3, 0.4) is 0 Å². The van der Waals surface area contributed by atoms with Crippen LogP contribution in [0.5, 0.6) is 0 Å². The monoisotopic (exact) mass is 369 g/mol. The molecule has 0 aliphatic carbocycles. The predicted molar refractivity (Wildman–Crippen MR) is 98.7 cm³/mol. The van der Waals surface area contributed by atoms with Crippen molar-refractivity contribution in [3.05, 3.63) is 40.9 Å². The second-order valence-corrected chi connectivity index (χ2v) is 9.40. The highest BCUT2D eigenvalue weighted by molar-refractivity contribution is 7.92. The molecule has 1 aromatic rings. The van der Waals surface area contributed by atoms with Gasteiger partial charge in [0.25, 0.3) is 0 Å². The Morgan fingerprint density at radius 3 is 2.38 bits per heavy atom. The maximum atomic E-state index is 12.3. The fourth-order valence-electron chi connectivity index (χ4n) is 2.88. The fourth-order valence-corrected chi connectivity index (χ4v) is 5.14. The highest BCUT2D eigenvalue weighted by atomic mass is 35.5. The Bertz CT molecular complexity index is 687. The van der Waals surface area contributed by atoms with Gasteiger partial charge in [-0.1, -0.05) is 37.6 Å². The topological polar surface area (TPSA) is 54.5 Å². The molecule has 1 aromatic carbocycles. The Balaban J connectivity index is 1.89. The van der Waals surface area contributed by atoms with Crippen LogP contribution in [0.15, 0.2) is 30.3 Å². The average molecular weight is 370 g/mol. The first-order valence-corrected chi connectivity index (χ1v) is 10.3. The van der Waals surface area contributed by atoms with Crippen LogP contribution in [0, 0.1) is 5.92 Å². The summed E-state index contributed by atoms with van der Waals surface area (Å²) in [6.45, 7) is 4.81. The van der Waals surface area contributed by atoms with Crippen LogP contribution in [0.4, 0.5) is 0 Å². The number of hydrogen-bond donors (Lipinski definition) is 0. The zero-order chi connectivity index (χ0) is 17.7. The third-order valence-corrected chi connectivity index (χ3v) is 6.99. The Morgan fingerprint density at radius 2 is 1.83 bits per heavy atom. The molecule has 1 aliphatic heterocycles. The lowest BCUT2D eigenvalue weighted by atomic mass is 10.1. The number of halogens is 1. The molecule has 1 fully saturated rings. The Hall–Kier alpha value is -1.33. The molecule has 0 spiro atoms. The van der Waals surface area contributed by atoms with Crippen molar-refractivity contribution in [3.8, 4) is 0 Å². The molecule has 0 N–H and O–H groups in total. The van der Waals surface area contributed by atoms with E-state index in [1.807, 2.05) is 26.0 Å². The summed E-state index contributed by atoms with van der Waals surface area (Å²) < 4.78 is 24.6. The average Bonchev–Trinajstić information content (AvgIpc) is 2.53. The van der Waals surface area contributed by atoms with Crippen molar-refractivity contribution >= 4 is 33.4 Å². The van der Waals surface area contributed by atoms with Crippen LogP contribution in [0.2, 0.25) is 5.02 Å². The highest BCUT2D eigenvalue weighted by Gasteiger charge is 2.31. The Kier molecular flexibility index (Phi) is 6.47. The number of carbonyl (C=O) groups is 1. The smallest absolute Gasteiger partial charge is 0.246 e. The van der Waals surface area contributed by atoms with Gasteiger partial charge in [0.1, 0.15) is 0 Å². The molecule has 0 aromatic heterocycles. The third-order valence-electron chi connectivity index (χ3n) is 4.12. The van der Waals surface area contributed by atoms with Gasteiger partial charge in [0.05, 0.1) is 11.0 Å². The standard InChI is InChI=1S/C18H24ClNO3S/c1-14(2)13-24(22,23)17-9-11-20(12-10-17)18(21)8-5-15-3-6-16(19)7-4-15/h3-8,14,17H,9-13H2,1-2H3/b8-5+. The summed E-state index contributed by atoms with van der Waals surface area (Å²) in [6, 6.07) is 7.24. The first-order valence-electron chi connectivity index (χ1n) is 8.22. The predicted octanol–water partition coefficient (Wildman–Crippen LogP) is 3.42.